The molecule has 0 N–H and O–H groups in total. The average molecular weight is 315 g/mol. The van der Waals surface area contributed by atoms with Crippen molar-refractivity contribution in [2.24, 2.45) is 0 Å². The van der Waals surface area contributed by atoms with Crippen molar-refractivity contribution in [1.29, 1.82) is 0 Å². The van der Waals surface area contributed by atoms with Crippen molar-refractivity contribution in [3.63, 3.8) is 0 Å². The predicted molar refractivity (Wildman–Crippen MR) is 86.1 cm³/mol. The fourth-order valence-corrected chi connectivity index (χ4v) is 3.46. The summed E-state index contributed by atoms with van der Waals surface area (Å²) in [6.07, 6.45) is 9.00. The number of piperidine rings is 1. The highest BCUT2D eigenvalue weighted by atomic mass is 16.5. The third-order valence-corrected chi connectivity index (χ3v) is 5.28. The van der Waals surface area contributed by atoms with Gasteiger partial charge in [-0.1, -0.05) is 5.16 Å². The van der Waals surface area contributed by atoms with Crippen molar-refractivity contribution < 1.29 is 4.52 Å². The van der Waals surface area contributed by atoms with Crippen LogP contribution in [0.4, 0.5) is 0 Å². The lowest BCUT2D eigenvalue weighted by Gasteiger charge is -2.34. The second-order valence-corrected chi connectivity index (χ2v) is 6.88. The summed E-state index contributed by atoms with van der Waals surface area (Å²) in [6, 6.07) is 0.217. The molecule has 6 nitrogen and oxygen atoms in total. The second-order valence-electron chi connectivity index (χ2n) is 6.88. The van der Waals surface area contributed by atoms with E-state index in [-0.39, 0.29) is 6.04 Å². The molecule has 2 aliphatic rings. The van der Waals surface area contributed by atoms with Crippen LogP contribution in [0.25, 0.3) is 0 Å². The number of hydrogen-bond acceptors (Lipinski definition) is 5. The highest BCUT2D eigenvalue weighted by molar-refractivity contribution is 5.13. The van der Waals surface area contributed by atoms with Crippen molar-refractivity contribution in [1.82, 2.24) is 24.8 Å². The first-order valence-electron chi connectivity index (χ1n) is 8.84. The first-order chi connectivity index (χ1) is 11.2. The van der Waals surface area contributed by atoms with Gasteiger partial charge in [0.2, 0.25) is 5.89 Å². The van der Waals surface area contributed by atoms with Crippen LogP contribution in [-0.4, -0.2) is 37.9 Å². The molecule has 0 aromatic carbocycles. The van der Waals surface area contributed by atoms with Gasteiger partial charge in [0.15, 0.2) is 5.82 Å². The maximum atomic E-state index is 5.49. The smallest absolute Gasteiger partial charge is 0.243 e. The Labute approximate surface area is 136 Å². The molecule has 0 bridgehead atoms. The van der Waals surface area contributed by atoms with Gasteiger partial charge in [0, 0.05) is 18.7 Å². The minimum atomic E-state index is 0.217. The molecular formula is C17H25N5O. The number of aryl methyl sites for hydroxylation is 1. The molecule has 0 radical (unpaired) electrons. The van der Waals surface area contributed by atoms with E-state index in [1.54, 1.807) is 0 Å². The van der Waals surface area contributed by atoms with Crippen LogP contribution in [0.5, 0.6) is 0 Å². The molecule has 0 amide bonds. The summed E-state index contributed by atoms with van der Waals surface area (Å²) in [5.41, 5.74) is 1.38. The summed E-state index contributed by atoms with van der Waals surface area (Å²) < 4.78 is 7.51. The maximum Gasteiger partial charge on any atom is 0.243 e. The zero-order valence-corrected chi connectivity index (χ0v) is 14.0. The van der Waals surface area contributed by atoms with Crippen molar-refractivity contribution in [2.45, 2.75) is 64.0 Å². The first-order valence-corrected chi connectivity index (χ1v) is 8.84. The summed E-state index contributed by atoms with van der Waals surface area (Å²) in [5, 5.41) is 8.55. The fourth-order valence-electron chi connectivity index (χ4n) is 3.46. The number of rotatable bonds is 5. The lowest BCUT2D eigenvalue weighted by atomic mass is 9.91. The van der Waals surface area contributed by atoms with Crippen molar-refractivity contribution >= 4 is 0 Å². The fraction of sp³-hybridized carbons (Fsp3) is 0.706. The monoisotopic (exact) mass is 315 g/mol. The largest absolute Gasteiger partial charge is 0.338 e. The van der Waals surface area contributed by atoms with Gasteiger partial charge in [0.05, 0.1) is 12.2 Å². The third-order valence-electron chi connectivity index (χ3n) is 5.28. The number of nitrogens with zero attached hydrogens (tertiary/aromatic N) is 5. The normalized spacial score (nSPS) is 21.7. The van der Waals surface area contributed by atoms with Gasteiger partial charge in [0.1, 0.15) is 0 Å². The van der Waals surface area contributed by atoms with Gasteiger partial charge in [-0.05, 0) is 64.1 Å². The molecule has 0 unspecified atom stereocenters. The van der Waals surface area contributed by atoms with Crippen molar-refractivity contribution in [2.75, 3.05) is 13.1 Å². The van der Waals surface area contributed by atoms with Gasteiger partial charge >= 0.3 is 0 Å². The average Bonchev–Trinajstić information content (AvgIpc) is 3.14. The van der Waals surface area contributed by atoms with E-state index in [4.69, 9.17) is 4.52 Å². The van der Waals surface area contributed by atoms with E-state index in [1.165, 1.54) is 31.2 Å². The van der Waals surface area contributed by atoms with Crippen molar-refractivity contribution in [3.05, 3.63) is 29.7 Å². The van der Waals surface area contributed by atoms with Gasteiger partial charge in [-0.25, -0.2) is 0 Å². The molecule has 1 saturated carbocycles. The SMILES string of the molecule is CCn1cc(C2CCN([C@H](C)c3nc(C4CC4)no3)CC2)cn1. The Morgan fingerprint density at radius 2 is 2.00 bits per heavy atom. The first kappa shape index (κ1) is 14.9. The van der Waals surface area contributed by atoms with Crippen LogP contribution < -0.4 is 0 Å². The Hall–Kier alpha value is -1.69. The summed E-state index contributed by atoms with van der Waals surface area (Å²) in [5.74, 6) is 2.88. The van der Waals surface area contributed by atoms with E-state index in [2.05, 4.69) is 40.2 Å². The Bertz CT molecular complexity index is 651. The van der Waals surface area contributed by atoms with Gasteiger partial charge in [0.25, 0.3) is 0 Å². The molecule has 4 rings (SSSR count). The van der Waals surface area contributed by atoms with E-state index in [0.29, 0.717) is 11.8 Å². The minimum Gasteiger partial charge on any atom is -0.338 e. The zero-order valence-electron chi connectivity index (χ0n) is 14.0. The lowest BCUT2D eigenvalue weighted by molar-refractivity contribution is 0.136. The standard InChI is InChI=1S/C17H25N5O/c1-3-22-11-15(10-18-22)13-6-8-21(9-7-13)12(2)17-19-16(20-23-17)14-4-5-14/h10-14H,3-9H2,1-2H3/t12-/m1/s1. The van der Waals surface area contributed by atoms with Crippen molar-refractivity contribution in [3.8, 4) is 0 Å². The van der Waals surface area contributed by atoms with Gasteiger partial charge < -0.3 is 4.52 Å². The Morgan fingerprint density at radius 3 is 2.65 bits per heavy atom. The second kappa shape index (κ2) is 6.07. The topological polar surface area (TPSA) is 60.0 Å². The Kier molecular flexibility index (Phi) is 3.93. The van der Waals surface area contributed by atoms with Crippen LogP contribution in [0.2, 0.25) is 0 Å². The quantitative estimate of drug-likeness (QED) is 0.848. The summed E-state index contributed by atoms with van der Waals surface area (Å²) in [6.45, 7) is 7.39. The molecule has 1 aliphatic carbocycles. The molecular weight excluding hydrogens is 290 g/mol. The Balaban J connectivity index is 1.36. The van der Waals surface area contributed by atoms with Gasteiger partial charge in [-0.15, -0.1) is 0 Å². The summed E-state index contributed by atoms with van der Waals surface area (Å²) in [4.78, 5) is 7.07. The number of likely N-dealkylation sites (tertiary alicyclic amines) is 1. The van der Waals surface area contributed by atoms with Crippen LogP contribution in [0.15, 0.2) is 16.9 Å². The van der Waals surface area contributed by atoms with E-state index in [0.717, 1.165) is 31.3 Å². The highest BCUT2D eigenvalue weighted by Gasteiger charge is 2.32. The van der Waals surface area contributed by atoms with Crippen LogP contribution >= 0.6 is 0 Å². The molecule has 6 heteroatoms. The van der Waals surface area contributed by atoms with Crippen LogP contribution in [0.1, 0.15) is 74.7 Å². The molecule has 2 fully saturated rings. The van der Waals surface area contributed by atoms with Crippen LogP contribution in [0, 0.1) is 0 Å². The number of hydrogen-bond donors (Lipinski definition) is 0. The lowest BCUT2D eigenvalue weighted by Crippen LogP contribution is -2.35. The van der Waals surface area contributed by atoms with E-state index in [9.17, 15) is 0 Å². The molecule has 2 aromatic rings. The molecule has 0 spiro atoms. The molecule has 23 heavy (non-hydrogen) atoms. The molecule has 3 heterocycles. The van der Waals surface area contributed by atoms with E-state index >= 15 is 0 Å². The third kappa shape index (κ3) is 3.04. The minimum absolute atomic E-state index is 0.217. The molecule has 1 saturated heterocycles. The zero-order chi connectivity index (χ0) is 15.8. The maximum absolute atomic E-state index is 5.49. The molecule has 2 aromatic heterocycles. The van der Waals surface area contributed by atoms with Gasteiger partial charge in [-0.3, -0.25) is 9.58 Å². The Morgan fingerprint density at radius 1 is 1.22 bits per heavy atom. The summed E-state index contributed by atoms with van der Waals surface area (Å²) in [7, 11) is 0. The molecule has 1 atom stereocenters. The van der Waals surface area contributed by atoms with Crippen LogP contribution in [0.3, 0.4) is 0 Å². The van der Waals surface area contributed by atoms with E-state index < -0.39 is 0 Å². The predicted octanol–water partition coefficient (Wildman–Crippen LogP) is 3.10. The highest BCUT2D eigenvalue weighted by Crippen LogP contribution is 2.39. The van der Waals surface area contributed by atoms with Gasteiger partial charge in [-0.2, -0.15) is 10.1 Å². The summed E-state index contributed by atoms with van der Waals surface area (Å²) >= 11 is 0. The molecule has 124 valence electrons. The number of aromatic nitrogens is 4. The molecule has 1 aliphatic heterocycles. The van der Waals surface area contributed by atoms with E-state index in [1.807, 2.05) is 10.9 Å². The van der Waals surface area contributed by atoms with Crippen LogP contribution in [-0.2, 0) is 6.54 Å².